The summed E-state index contributed by atoms with van der Waals surface area (Å²) in [5.74, 6) is 0.309. The summed E-state index contributed by atoms with van der Waals surface area (Å²) in [4.78, 5) is 0. The van der Waals surface area contributed by atoms with E-state index < -0.39 is 0 Å². The summed E-state index contributed by atoms with van der Waals surface area (Å²) in [7, 11) is 0. The van der Waals surface area contributed by atoms with Crippen LogP contribution in [0.1, 0.15) is 56.2 Å². The number of hydrogen-bond acceptors (Lipinski definition) is 1. The Labute approximate surface area is 134 Å². The zero-order valence-electron chi connectivity index (χ0n) is 13.7. The van der Waals surface area contributed by atoms with Gasteiger partial charge in [0.1, 0.15) is 5.75 Å². The lowest BCUT2D eigenvalue weighted by molar-refractivity contribution is 0.475. The maximum Gasteiger partial charge on any atom is 0.115 e. The molecule has 0 fully saturated rings. The summed E-state index contributed by atoms with van der Waals surface area (Å²) in [6.07, 6.45) is 8.62. The van der Waals surface area contributed by atoms with Crippen molar-refractivity contribution in [1.29, 1.82) is 0 Å². The molecule has 0 unspecified atom stereocenters. The van der Waals surface area contributed by atoms with Crippen LogP contribution in [0.25, 0.3) is 11.6 Å². The van der Waals surface area contributed by atoms with Crippen LogP contribution in [0, 0.1) is 0 Å². The number of benzene rings is 2. The molecule has 22 heavy (non-hydrogen) atoms. The second kappa shape index (κ2) is 8.43. The standard InChI is InChI=1S/C21H26O/c1-3-4-5-6-7-18-8-10-19(11-9-18)16-17(2)20-12-14-21(22)15-13-20/h8-16,22H,3-7H2,1-2H3/b17-16-. The molecule has 0 saturated heterocycles. The van der Waals surface area contributed by atoms with Crippen LogP contribution in [0.3, 0.4) is 0 Å². The number of hydrogen-bond donors (Lipinski definition) is 1. The van der Waals surface area contributed by atoms with Gasteiger partial charge in [0, 0.05) is 0 Å². The first-order chi connectivity index (χ1) is 10.7. The van der Waals surface area contributed by atoms with Crippen molar-refractivity contribution in [1.82, 2.24) is 0 Å². The number of phenols is 1. The molecule has 0 spiro atoms. The first-order valence-corrected chi connectivity index (χ1v) is 8.25. The molecule has 1 N–H and O–H groups in total. The zero-order valence-corrected chi connectivity index (χ0v) is 13.7. The molecule has 116 valence electrons. The number of allylic oxidation sites excluding steroid dienone is 1. The van der Waals surface area contributed by atoms with Gasteiger partial charge in [-0.2, -0.15) is 0 Å². The Balaban J connectivity index is 1.97. The topological polar surface area (TPSA) is 20.2 Å². The van der Waals surface area contributed by atoms with Crippen molar-refractivity contribution in [2.45, 2.75) is 46.0 Å². The predicted molar refractivity (Wildman–Crippen MR) is 95.9 cm³/mol. The third kappa shape index (κ3) is 5.07. The molecule has 0 bridgehead atoms. The minimum absolute atomic E-state index is 0.309. The molecule has 0 radical (unpaired) electrons. The highest BCUT2D eigenvalue weighted by molar-refractivity contribution is 5.80. The average molecular weight is 294 g/mol. The van der Waals surface area contributed by atoms with E-state index >= 15 is 0 Å². The second-order valence-corrected chi connectivity index (χ2v) is 5.93. The predicted octanol–water partition coefficient (Wildman–Crippen LogP) is 6.08. The van der Waals surface area contributed by atoms with E-state index in [0.717, 1.165) is 5.56 Å². The maximum absolute atomic E-state index is 9.34. The van der Waals surface area contributed by atoms with Gasteiger partial charge in [0.2, 0.25) is 0 Å². The number of phenolic OH excluding ortho intramolecular Hbond substituents is 1. The molecule has 1 nitrogen and oxygen atoms in total. The van der Waals surface area contributed by atoms with Gasteiger partial charge in [0.25, 0.3) is 0 Å². The molecule has 2 aromatic carbocycles. The van der Waals surface area contributed by atoms with E-state index in [1.54, 1.807) is 12.1 Å². The van der Waals surface area contributed by atoms with Gasteiger partial charge >= 0.3 is 0 Å². The van der Waals surface area contributed by atoms with Crippen LogP contribution in [-0.2, 0) is 6.42 Å². The molecule has 0 aromatic heterocycles. The van der Waals surface area contributed by atoms with Gasteiger partial charge in [-0.25, -0.2) is 0 Å². The summed E-state index contributed by atoms with van der Waals surface area (Å²) in [5, 5.41) is 9.34. The Bertz CT molecular complexity index is 591. The fraction of sp³-hybridized carbons (Fsp3) is 0.333. The van der Waals surface area contributed by atoms with Gasteiger partial charge in [0.15, 0.2) is 0 Å². The van der Waals surface area contributed by atoms with Crippen LogP contribution in [0.15, 0.2) is 48.5 Å². The summed E-state index contributed by atoms with van der Waals surface area (Å²) in [6.45, 7) is 4.35. The third-order valence-electron chi connectivity index (χ3n) is 4.00. The van der Waals surface area contributed by atoms with Crippen molar-refractivity contribution in [3.05, 3.63) is 65.2 Å². The van der Waals surface area contributed by atoms with E-state index in [1.807, 2.05) is 12.1 Å². The van der Waals surface area contributed by atoms with E-state index in [-0.39, 0.29) is 0 Å². The third-order valence-corrected chi connectivity index (χ3v) is 4.00. The lowest BCUT2D eigenvalue weighted by atomic mass is 10.0. The van der Waals surface area contributed by atoms with E-state index in [9.17, 15) is 5.11 Å². The molecule has 0 aliphatic heterocycles. The van der Waals surface area contributed by atoms with E-state index in [0.29, 0.717) is 5.75 Å². The summed E-state index contributed by atoms with van der Waals surface area (Å²) < 4.78 is 0. The van der Waals surface area contributed by atoms with Crippen LogP contribution in [0.5, 0.6) is 5.75 Å². The lowest BCUT2D eigenvalue weighted by Crippen LogP contribution is -1.86. The normalized spacial score (nSPS) is 11.6. The Morgan fingerprint density at radius 3 is 2.23 bits per heavy atom. The Kier molecular flexibility index (Phi) is 6.27. The van der Waals surface area contributed by atoms with Gasteiger partial charge < -0.3 is 5.11 Å². The first-order valence-electron chi connectivity index (χ1n) is 8.25. The van der Waals surface area contributed by atoms with Crippen molar-refractivity contribution in [2.24, 2.45) is 0 Å². The van der Waals surface area contributed by atoms with E-state index in [1.165, 1.54) is 48.8 Å². The van der Waals surface area contributed by atoms with Gasteiger partial charge in [-0.1, -0.05) is 68.7 Å². The van der Waals surface area contributed by atoms with Crippen molar-refractivity contribution >= 4 is 11.6 Å². The van der Waals surface area contributed by atoms with Crippen molar-refractivity contribution in [2.75, 3.05) is 0 Å². The molecule has 0 saturated carbocycles. The number of rotatable bonds is 7. The molecule has 2 aromatic rings. The smallest absolute Gasteiger partial charge is 0.115 e. The van der Waals surface area contributed by atoms with Gasteiger partial charge in [-0.15, -0.1) is 0 Å². The highest BCUT2D eigenvalue weighted by atomic mass is 16.3. The van der Waals surface area contributed by atoms with Gasteiger partial charge in [-0.05, 0) is 54.2 Å². The summed E-state index contributed by atoms with van der Waals surface area (Å²) >= 11 is 0. The molecule has 0 amide bonds. The molecule has 0 heterocycles. The minimum Gasteiger partial charge on any atom is -0.508 e. The monoisotopic (exact) mass is 294 g/mol. The molecule has 0 aliphatic rings. The molecule has 0 aliphatic carbocycles. The fourth-order valence-electron chi connectivity index (χ4n) is 2.59. The minimum atomic E-state index is 0.309. The lowest BCUT2D eigenvalue weighted by Gasteiger charge is -2.04. The number of aryl methyl sites for hydroxylation is 1. The largest absolute Gasteiger partial charge is 0.508 e. The van der Waals surface area contributed by atoms with Crippen LogP contribution in [0.2, 0.25) is 0 Å². The number of aromatic hydroxyl groups is 1. The fourth-order valence-corrected chi connectivity index (χ4v) is 2.59. The van der Waals surface area contributed by atoms with Crippen molar-refractivity contribution in [3.63, 3.8) is 0 Å². The van der Waals surface area contributed by atoms with Gasteiger partial charge in [-0.3, -0.25) is 0 Å². The van der Waals surface area contributed by atoms with E-state index in [4.69, 9.17) is 0 Å². The highest BCUT2D eigenvalue weighted by Crippen LogP contribution is 2.20. The average Bonchev–Trinajstić information content (AvgIpc) is 2.54. The molecular formula is C21H26O. The molecule has 2 rings (SSSR count). The van der Waals surface area contributed by atoms with Crippen LogP contribution in [-0.4, -0.2) is 5.11 Å². The van der Waals surface area contributed by atoms with Crippen molar-refractivity contribution < 1.29 is 5.11 Å². The summed E-state index contributed by atoms with van der Waals surface area (Å²) in [6, 6.07) is 16.2. The Morgan fingerprint density at radius 2 is 1.59 bits per heavy atom. The Hall–Kier alpha value is -2.02. The van der Waals surface area contributed by atoms with Crippen LogP contribution < -0.4 is 0 Å². The van der Waals surface area contributed by atoms with Crippen LogP contribution >= 0.6 is 0 Å². The second-order valence-electron chi connectivity index (χ2n) is 5.93. The molecule has 1 heteroatoms. The first kappa shape index (κ1) is 16.4. The summed E-state index contributed by atoms with van der Waals surface area (Å²) in [5.41, 5.74) is 5.00. The van der Waals surface area contributed by atoms with Crippen molar-refractivity contribution in [3.8, 4) is 5.75 Å². The SMILES string of the molecule is CCCCCCc1ccc(/C=C(/C)c2ccc(O)cc2)cc1. The van der Waals surface area contributed by atoms with Crippen LogP contribution in [0.4, 0.5) is 0 Å². The highest BCUT2D eigenvalue weighted by Gasteiger charge is 1.98. The molecular weight excluding hydrogens is 268 g/mol. The van der Waals surface area contributed by atoms with Gasteiger partial charge in [0.05, 0.1) is 0 Å². The quantitative estimate of drug-likeness (QED) is 0.485. The zero-order chi connectivity index (χ0) is 15.8. The maximum atomic E-state index is 9.34. The van der Waals surface area contributed by atoms with E-state index in [2.05, 4.69) is 44.2 Å². The molecule has 0 atom stereocenters. The Morgan fingerprint density at radius 1 is 0.909 bits per heavy atom. The number of unbranched alkanes of at least 4 members (excludes halogenated alkanes) is 3.